The highest BCUT2D eigenvalue weighted by atomic mass is 35.5. The van der Waals surface area contributed by atoms with E-state index in [-0.39, 0.29) is 10.0 Å². The second kappa shape index (κ2) is 7.41. The van der Waals surface area contributed by atoms with E-state index in [1.807, 2.05) is 30.3 Å². The van der Waals surface area contributed by atoms with Gasteiger partial charge in [0.25, 0.3) is 0 Å². The number of nitrogens with zero attached hydrogens (tertiary/aromatic N) is 3. The van der Waals surface area contributed by atoms with Crippen LogP contribution in [0.1, 0.15) is 15.5 Å². The van der Waals surface area contributed by atoms with E-state index in [9.17, 15) is 4.79 Å². The summed E-state index contributed by atoms with van der Waals surface area (Å²) in [7, 11) is 1.31. The maximum atomic E-state index is 11.5. The molecule has 0 aliphatic rings. The minimum atomic E-state index is -0.492. The minimum absolute atomic E-state index is 0.139. The largest absolute Gasteiger partial charge is 0.465 e. The van der Waals surface area contributed by atoms with Crippen LogP contribution >= 0.6 is 22.9 Å². The molecular formula is C15H14ClN5O2S. The lowest BCUT2D eigenvalue weighted by molar-refractivity contribution is 0.0606. The summed E-state index contributed by atoms with van der Waals surface area (Å²) in [5.41, 5.74) is 0.961. The zero-order valence-electron chi connectivity index (χ0n) is 12.7. The SMILES string of the molecule is COC(=O)c1sc(NCCc2nc(-c3ccccc3)n[nH]2)nc1Cl. The third kappa shape index (κ3) is 3.72. The molecule has 0 saturated heterocycles. The third-order valence-corrected chi connectivity index (χ3v) is 4.54. The van der Waals surface area contributed by atoms with Gasteiger partial charge < -0.3 is 10.1 Å². The van der Waals surface area contributed by atoms with Gasteiger partial charge in [0, 0.05) is 18.5 Å². The van der Waals surface area contributed by atoms with E-state index in [0.717, 1.165) is 22.7 Å². The maximum Gasteiger partial charge on any atom is 0.351 e. The molecule has 0 radical (unpaired) electrons. The molecule has 0 fully saturated rings. The van der Waals surface area contributed by atoms with Crippen molar-refractivity contribution >= 4 is 34.0 Å². The number of aromatic amines is 1. The van der Waals surface area contributed by atoms with Crippen molar-refractivity contribution in [2.75, 3.05) is 19.0 Å². The highest BCUT2D eigenvalue weighted by molar-refractivity contribution is 7.18. The second-order valence-electron chi connectivity index (χ2n) is 4.78. The van der Waals surface area contributed by atoms with E-state index in [4.69, 9.17) is 11.6 Å². The number of anilines is 1. The number of methoxy groups -OCH3 is 1. The predicted molar refractivity (Wildman–Crippen MR) is 92.5 cm³/mol. The van der Waals surface area contributed by atoms with Crippen LogP contribution < -0.4 is 5.32 Å². The molecule has 3 aromatic rings. The number of benzene rings is 1. The Balaban J connectivity index is 1.57. The average molecular weight is 364 g/mol. The predicted octanol–water partition coefficient (Wildman–Crippen LogP) is 3.02. The van der Waals surface area contributed by atoms with Crippen molar-refractivity contribution in [3.8, 4) is 11.4 Å². The Morgan fingerprint density at radius 3 is 2.88 bits per heavy atom. The first-order valence-electron chi connectivity index (χ1n) is 7.12. The number of H-pyrrole nitrogens is 1. The molecule has 2 aromatic heterocycles. The molecule has 1 aromatic carbocycles. The van der Waals surface area contributed by atoms with Crippen LogP contribution in [0, 0.1) is 0 Å². The first-order valence-corrected chi connectivity index (χ1v) is 8.32. The first-order chi connectivity index (χ1) is 11.7. The smallest absolute Gasteiger partial charge is 0.351 e. The summed E-state index contributed by atoms with van der Waals surface area (Å²) in [4.78, 5) is 20.3. The van der Waals surface area contributed by atoms with Crippen molar-refractivity contribution in [2.45, 2.75) is 6.42 Å². The minimum Gasteiger partial charge on any atom is -0.465 e. The highest BCUT2D eigenvalue weighted by Gasteiger charge is 2.17. The number of thiazole rings is 1. The van der Waals surface area contributed by atoms with Crippen molar-refractivity contribution in [3.63, 3.8) is 0 Å². The van der Waals surface area contributed by atoms with Gasteiger partial charge in [0.05, 0.1) is 7.11 Å². The molecule has 124 valence electrons. The lowest BCUT2D eigenvalue weighted by Crippen LogP contribution is -2.05. The summed E-state index contributed by atoms with van der Waals surface area (Å²) in [6.45, 7) is 0.577. The summed E-state index contributed by atoms with van der Waals surface area (Å²) in [5.74, 6) is 0.932. The number of hydrogen-bond acceptors (Lipinski definition) is 7. The van der Waals surface area contributed by atoms with Crippen LogP contribution in [0.2, 0.25) is 5.15 Å². The van der Waals surface area contributed by atoms with Crippen LogP contribution in [0.3, 0.4) is 0 Å². The Morgan fingerprint density at radius 2 is 2.12 bits per heavy atom. The number of halogens is 1. The molecule has 3 rings (SSSR count). The molecule has 0 saturated carbocycles. The van der Waals surface area contributed by atoms with E-state index in [2.05, 4.69) is 30.2 Å². The number of rotatable bonds is 6. The Hall–Kier alpha value is -2.45. The summed E-state index contributed by atoms with van der Waals surface area (Å²) in [6, 6.07) is 9.74. The summed E-state index contributed by atoms with van der Waals surface area (Å²) in [6.07, 6.45) is 0.630. The number of carbonyl (C=O) groups is 1. The molecule has 0 unspecified atom stereocenters. The van der Waals surface area contributed by atoms with Gasteiger partial charge >= 0.3 is 5.97 Å². The van der Waals surface area contributed by atoms with Gasteiger partial charge in [-0.15, -0.1) is 0 Å². The van der Waals surface area contributed by atoms with Gasteiger partial charge in [0.2, 0.25) is 0 Å². The Morgan fingerprint density at radius 1 is 1.33 bits per heavy atom. The standard InChI is InChI=1S/C15H14ClN5O2S/c1-23-14(22)11-12(16)19-15(24-11)17-8-7-10-18-13(21-20-10)9-5-3-2-4-6-9/h2-6H,7-8H2,1H3,(H,17,19)(H,18,20,21). The fourth-order valence-corrected chi connectivity index (χ4v) is 3.14. The zero-order valence-corrected chi connectivity index (χ0v) is 14.3. The van der Waals surface area contributed by atoms with Crippen LogP contribution in [0.4, 0.5) is 5.13 Å². The van der Waals surface area contributed by atoms with E-state index < -0.39 is 5.97 Å². The summed E-state index contributed by atoms with van der Waals surface area (Å²) in [5, 5.41) is 10.9. The van der Waals surface area contributed by atoms with Crippen LogP contribution in [-0.2, 0) is 11.2 Å². The monoisotopic (exact) mass is 363 g/mol. The number of carbonyl (C=O) groups excluding carboxylic acids is 1. The van der Waals surface area contributed by atoms with Crippen molar-refractivity contribution in [1.29, 1.82) is 0 Å². The molecular weight excluding hydrogens is 350 g/mol. The number of aromatic nitrogens is 4. The lowest BCUT2D eigenvalue weighted by atomic mass is 10.2. The van der Waals surface area contributed by atoms with E-state index in [1.54, 1.807) is 0 Å². The molecule has 0 aliphatic carbocycles. The molecule has 9 heteroatoms. The highest BCUT2D eigenvalue weighted by Crippen LogP contribution is 2.27. The molecule has 2 N–H and O–H groups in total. The third-order valence-electron chi connectivity index (χ3n) is 3.16. The van der Waals surface area contributed by atoms with Gasteiger partial charge in [0.15, 0.2) is 21.0 Å². The van der Waals surface area contributed by atoms with E-state index in [0.29, 0.717) is 23.9 Å². The van der Waals surface area contributed by atoms with Crippen LogP contribution in [-0.4, -0.2) is 39.8 Å². The van der Waals surface area contributed by atoms with Gasteiger partial charge in [-0.25, -0.2) is 14.8 Å². The molecule has 7 nitrogen and oxygen atoms in total. The van der Waals surface area contributed by atoms with Gasteiger partial charge in [-0.05, 0) is 0 Å². The quantitative estimate of drug-likeness (QED) is 0.654. The Kier molecular flexibility index (Phi) is 5.07. The molecule has 2 heterocycles. The summed E-state index contributed by atoms with van der Waals surface area (Å²) >= 11 is 7.07. The van der Waals surface area contributed by atoms with Gasteiger partial charge in [-0.2, -0.15) is 5.10 Å². The average Bonchev–Trinajstić information content (AvgIpc) is 3.22. The summed E-state index contributed by atoms with van der Waals surface area (Å²) < 4.78 is 4.65. The Labute approximate surface area is 147 Å². The molecule has 0 amide bonds. The van der Waals surface area contributed by atoms with E-state index >= 15 is 0 Å². The van der Waals surface area contributed by atoms with Crippen LogP contribution in [0.25, 0.3) is 11.4 Å². The molecule has 0 bridgehead atoms. The van der Waals surface area contributed by atoms with Crippen LogP contribution in [0.15, 0.2) is 30.3 Å². The number of esters is 1. The second-order valence-corrected chi connectivity index (χ2v) is 6.14. The molecule has 0 atom stereocenters. The normalized spacial score (nSPS) is 10.6. The lowest BCUT2D eigenvalue weighted by Gasteiger charge is -1.99. The fourth-order valence-electron chi connectivity index (χ4n) is 2.01. The van der Waals surface area contributed by atoms with Crippen molar-refractivity contribution in [1.82, 2.24) is 20.2 Å². The van der Waals surface area contributed by atoms with E-state index in [1.165, 1.54) is 7.11 Å². The Bertz CT molecular complexity index is 834. The maximum absolute atomic E-state index is 11.5. The zero-order chi connectivity index (χ0) is 16.9. The van der Waals surface area contributed by atoms with Crippen molar-refractivity contribution < 1.29 is 9.53 Å². The van der Waals surface area contributed by atoms with Crippen molar-refractivity contribution in [2.24, 2.45) is 0 Å². The van der Waals surface area contributed by atoms with Gasteiger partial charge in [0.1, 0.15) is 5.82 Å². The fraction of sp³-hybridized carbons (Fsp3) is 0.200. The molecule has 0 aliphatic heterocycles. The number of hydrogen-bond donors (Lipinski definition) is 2. The van der Waals surface area contributed by atoms with Gasteiger partial charge in [-0.1, -0.05) is 53.3 Å². The van der Waals surface area contributed by atoms with Gasteiger partial charge in [-0.3, -0.25) is 5.10 Å². The van der Waals surface area contributed by atoms with Crippen molar-refractivity contribution in [3.05, 3.63) is 46.2 Å². The number of ether oxygens (including phenoxy) is 1. The van der Waals surface area contributed by atoms with Crippen LogP contribution in [0.5, 0.6) is 0 Å². The molecule has 0 spiro atoms. The first kappa shape index (κ1) is 16.4. The molecule has 24 heavy (non-hydrogen) atoms. The number of nitrogens with one attached hydrogen (secondary N) is 2. The topological polar surface area (TPSA) is 92.8 Å².